The molecule has 0 amide bonds. The Hall–Kier alpha value is -4.70. The average Bonchev–Trinajstić information content (AvgIpc) is 3.56. The van der Waals surface area contributed by atoms with E-state index in [-0.39, 0.29) is 5.69 Å². The lowest BCUT2D eigenvalue weighted by atomic mass is 9.98. The number of nitrogens with one attached hydrogen (secondary N) is 1. The first kappa shape index (κ1) is 23.1. The molecule has 0 unspecified atom stereocenters. The second-order valence-electron chi connectivity index (χ2n) is 8.61. The second-order valence-corrected chi connectivity index (χ2v) is 8.61. The Labute approximate surface area is 209 Å². The molecule has 7 heteroatoms. The van der Waals surface area contributed by atoms with E-state index >= 15 is 0 Å². The van der Waals surface area contributed by atoms with Gasteiger partial charge in [-0.15, -0.1) is 17.4 Å². The van der Waals surface area contributed by atoms with Crippen molar-refractivity contribution in [2.24, 2.45) is 0 Å². The predicted molar refractivity (Wildman–Crippen MR) is 140 cm³/mol. The van der Waals surface area contributed by atoms with Gasteiger partial charge in [0.15, 0.2) is 5.82 Å². The fourth-order valence-corrected chi connectivity index (χ4v) is 4.39. The molecule has 5 rings (SSSR count). The summed E-state index contributed by atoms with van der Waals surface area (Å²) in [4.78, 5) is 13.3. The highest BCUT2D eigenvalue weighted by atomic mass is 16.1. The molecule has 3 aromatic carbocycles. The van der Waals surface area contributed by atoms with Crippen molar-refractivity contribution >= 4 is 0 Å². The molecule has 0 aliphatic carbocycles. The normalized spacial score (nSPS) is 10.9. The van der Waals surface area contributed by atoms with Crippen LogP contribution in [-0.2, 0) is 25.9 Å². The number of benzene rings is 3. The minimum absolute atomic E-state index is 0.00908. The van der Waals surface area contributed by atoms with E-state index in [2.05, 4.69) is 62.9 Å². The Bertz CT molecular complexity index is 1520. The molecule has 0 bridgehead atoms. The zero-order valence-corrected chi connectivity index (χ0v) is 19.8. The van der Waals surface area contributed by atoms with Crippen molar-refractivity contribution in [2.45, 2.75) is 32.4 Å². The summed E-state index contributed by atoms with van der Waals surface area (Å²) in [6.45, 7) is 1.12. The van der Waals surface area contributed by atoms with Gasteiger partial charge < -0.3 is 0 Å². The summed E-state index contributed by atoms with van der Waals surface area (Å²) in [5, 5.41) is 14.3. The van der Waals surface area contributed by atoms with Gasteiger partial charge in [0.1, 0.15) is 0 Å². The van der Waals surface area contributed by atoms with Crippen LogP contribution in [0.1, 0.15) is 23.2 Å². The Morgan fingerprint density at radius 3 is 2.33 bits per heavy atom. The van der Waals surface area contributed by atoms with Gasteiger partial charge in [-0.1, -0.05) is 78.9 Å². The number of imidazole rings is 1. The summed E-state index contributed by atoms with van der Waals surface area (Å²) < 4.78 is 3.64. The topological polar surface area (TPSA) is 81.4 Å². The summed E-state index contributed by atoms with van der Waals surface area (Å²) in [5.41, 5.74) is 6.20. The van der Waals surface area contributed by atoms with E-state index in [1.54, 1.807) is 4.57 Å². The summed E-state index contributed by atoms with van der Waals surface area (Å²) in [7, 11) is 0. The maximum atomic E-state index is 13.3. The maximum Gasteiger partial charge on any atom is 0.328 e. The molecule has 0 aliphatic rings. The van der Waals surface area contributed by atoms with Crippen LogP contribution in [0.3, 0.4) is 0 Å². The van der Waals surface area contributed by atoms with Crippen LogP contribution in [0.4, 0.5) is 0 Å². The van der Waals surface area contributed by atoms with E-state index in [1.165, 1.54) is 5.56 Å². The van der Waals surface area contributed by atoms with Crippen LogP contribution < -0.4 is 5.69 Å². The zero-order chi connectivity index (χ0) is 24.7. The van der Waals surface area contributed by atoms with Crippen molar-refractivity contribution in [1.82, 2.24) is 29.8 Å². The molecular weight excluding hydrogens is 448 g/mol. The largest absolute Gasteiger partial charge is 0.328 e. The third kappa shape index (κ3) is 5.03. The lowest BCUT2D eigenvalue weighted by molar-refractivity contribution is 0.629. The van der Waals surface area contributed by atoms with Crippen LogP contribution in [0, 0.1) is 12.3 Å². The van der Waals surface area contributed by atoms with E-state index in [1.807, 2.05) is 53.2 Å². The fourth-order valence-electron chi connectivity index (χ4n) is 4.39. The van der Waals surface area contributed by atoms with Crippen LogP contribution >= 0.6 is 0 Å². The second kappa shape index (κ2) is 10.7. The van der Waals surface area contributed by atoms with Crippen LogP contribution in [0.25, 0.3) is 22.5 Å². The third-order valence-electron chi connectivity index (χ3n) is 6.27. The Kier molecular flexibility index (Phi) is 6.86. The Balaban J connectivity index is 1.39. The average molecular weight is 475 g/mol. The number of terminal acetylenes is 1. The lowest BCUT2D eigenvalue weighted by Crippen LogP contribution is -2.26. The van der Waals surface area contributed by atoms with Crippen LogP contribution in [0.15, 0.2) is 89.9 Å². The van der Waals surface area contributed by atoms with Crippen molar-refractivity contribution < 1.29 is 0 Å². The monoisotopic (exact) mass is 474 g/mol. The molecular formula is C29H26N6O. The van der Waals surface area contributed by atoms with Crippen molar-refractivity contribution in [1.29, 1.82) is 0 Å². The number of hydrogen-bond acceptors (Lipinski definition) is 4. The first-order chi connectivity index (χ1) is 17.7. The van der Waals surface area contributed by atoms with Gasteiger partial charge in [-0.05, 0) is 39.1 Å². The van der Waals surface area contributed by atoms with Gasteiger partial charge in [0, 0.05) is 36.8 Å². The maximum absolute atomic E-state index is 13.3. The molecule has 1 N–H and O–H groups in total. The number of rotatable bonds is 9. The van der Waals surface area contributed by atoms with E-state index in [0.717, 1.165) is 34.4 Å². The van der Waals surface area contributed by atoms with Gasteiger partial charge >= 0.3 is 5.69 Å². The summed E-state index contributed by atoms with van der Waals surface area (Å²) in [5.74, 6) is 3.32. The number of tetrazole rings is 1. The molecule has 36 heavy (non-hydrogen) atoms. The third-order valence-corrected chi connectivity index (χ3v) is 6.27. The summed E-state index contributed by atoms with van der Waals surface area (Å²) >= 11 is 0. The number of aryl methyl sites for hydroxylation is 3. The standard InChI is InChI=1S/C29H26N6O/c1-2-3-11-25-21-34(19-18-22-9-5-4-6-10-22)29(36)35(25)20-23-14-16-24(17-15-23)26-12-7-8-13-27(26)28-30-32-33-31-28/h1,4-10,12-17,21H,3,11,18-20H2,(H,30,31,32,33). The van der Waals surface area contributed by atoms with Crippen molar-refractivity contribution in [3.8, 4) is 34.9 Å². The zero-order valence-electron chi connectivity index (χ0n) is 19.8. The molecule has 0 saturated carbocycles. The van der Waals surface area contributed by atoms with Crippen LogP contribution in [-0.4, -0.2) is 29.8 Å². The molecule has 2 heterocycles. The smallest absolute Gasteiger partial charge is 0.299 e. The van der Waals surface area contributed by atoms with Crippen molar-refractivity contribution in [3.05, 3.63) is 112 Å². The van der Waals surface area contributed by atoms with E-state index in [9.17, 15) is 4.79 Å². The first-order valence-electron chi connectivity index (χ1n) is 11.9. The number of nitrogens with zero attached hydrogens (tertiary/aromatic N) is 5. The first-order valence-corrected chi connectivity index (χ1v) is 11.9. The Morgan fingerprint density at radius 2 is 1.61 bits per heavy atom. The highest BCUT2D eigenvalue weighted by Crippen LogP contribution is 2.29. The molecule has 0 radical (unpaired) electrons. The van der Waals surface area contributed by atoms with Gasteiger partial charge in [0.05, 0.1) is 6.54 Å². The molecule has 0 atom stereocenters. The summed E-state index contributed by atoms with van der Waals surface area (Å²) in [6, 6.07) is 26.4. The number of aromatic nitrogens is 6. The van der Waals surface area contributed by atoms with Crippen molar-refractivity contribution in [2.75, 3.05) is 0 Å². The van der Waals surface area contributed by atoms with Gasteiger partial charge in [-0.2, -0.15) is 0 Å². The minimum Gasteiger partial charge on any atom is -0.299 e. The number of H-pyrrole nitrogens is 1. The molecule has 0 saturated heterocycles. The molecule has 178 valence electrons. The molecule has 0 spiro atoms. The van der Waals surface area contributed by atoms with E-state index in [4.69, 9.17) is 6.42 Å². The predicted octanol–water partition coefficient (Wildman–Crippen LogP) is 4.35. The van der Waals surface area contributed by atoms with E-state index < -0.39 is 0 Å². The number of aromatic amines is 1. The quantitative estimate of drug-likeness (QED) is 0.322. The summed E-state index contributed by atoms with van der Waals surface area (Å²) in [6.07, 6.45) is 9.53. The van der Waals surface area contributed by atoms with Gasteiger partial charge in [-0.3, -0.25) is 9.13 Å². The Morgan fingerprint density at radius 1 is 0.861 bits per heavy atom. The molecule has 0 aliphatic heterocycles. The van der Waals surface area contributed by atoms with Gasteiger partial charge in [-0.25, -0.2) is 9.89 Å². The highest BCUT2D eigenvalue weighted by molar-refractivity contribution is 5.80. The molecule has 7 nitrogen and oxygen atoms in total. The van der Waals surface area contributed by atoms with Gasteiger partial charge in [0.2, 0.25) is 0 Å². The minimum atomic E-state index is -0.00908. The van der Waals surface area contributed by atoms with E-state index in [0.29, 0.717) is 31.8 Å². The molecule has 2 aromatic heterocycles. The van der Waals surface area contributed by atoms with Crippen molar-refractivity contribution in [3.63, 3.8) is 0 Å². The van der Waals surface area contributed by atoms with Gasteiger partial charge in [0.25, 0.3) is 0 Å². The van der Waals surface area contributed by atoms with Crippen LogP contribution in [0.2, 0.25) is 0 Å². The van der Waals surface area contributed by atoms with Crippen LogP contribution in [0.5, 0.6) is 0 Å². The SMILES string of the molecule is C#CCCc1cn(CCc2ccccc2)c(=O)n1Cc1ccc(-c2ccccc2-c2nnn[nH]2)cc1. The fraction of sp³-hybridized carbons (Fsp3) is 0.172. The lowest BCUT2D eigenvalue weighted by Gasteiger charge is -2.10. The molecule has 0 fully saturated rings. The number of hydrogen-bond donors (Lipinski definition) is 1. The highest BCUT2D eigenvalue weighted by Gasteiger charge is 2.13. The molecule has 5 aromatic rings.